The first-order chi connectivity index (χ1) is 7.18. The molecule has 1 fully saturated rings. The molecule has 1 unspecified atom stereocenters. The van der Waals surface area contributed by atoms with Crippen LogP contribution in [0.2, 0.25) is 0 Å². The summed E-state index contributed by atoms with van der Waals surface area (Å²) in [4.78, 5) is 4.30. The smallest absolute Gasteiger partial charge is 0.0416 e. The normalized spacial score (nSPS) is 22.7. The Bertz CT molecular complexity index is 306. The van der Waals surface area contributed by atoms with E-state index in [1.165, 1.54) is 18.7 Å². The van der Waals surface area contributed by atoms with E-state index in [9.17, 15) is 0 Å². The van der Waals surface area contributed by atoms with Gasteiger partial charge in [-0.2, -0.15) is 0 Å². The predicted molar refractivity (Wildman–Crippen MR) is 62.7 cm³/mol. The third-order valence-corrected chi connectivity index (χ3v) is 3.39. The second-order valence-electron chi connectivity index (χ2n) is 5.16. The Kier molecular flexibility index (Phi) is 3.06. The molecule has 0 amide bonds. The van der Waals surface area contributed by atoms with Crippen LogP contribution < -0.4 is 5.32 Å². The van der Waals surface area contributed by atoms with Crippen molar-refractivity contribution in [3.8, 4) is 0 Å². The van der Waals surface area contributed by atoms with Gasteiger partial charge in [-0.15, -0.1) is 0 Å². The minimum absolute atomic E-state index is 0.595. The highest BCUT2D eigenvalue weighted by molar-refractivity contribution is 5.03. The number of hydrogen-bond donors (Lipinski definition) is 1. The summed E-state index contributed by atoms with van der Waals surface area (Å²) in [6.45, 7) is 6.90. The highest BCUT2D eigenvalue weighted by atomic mass is 14.9. The van der Waals surface area contributed by atoms with Crippen molar-refractivity contribution in [1.29, 1.82) is 0 Å². The third-order valence-electron chi connectivity index (χ3n) is 3.39. The van der Waals surface area contributed by atoms with E-state index in [2.05, 4.69) is 30.2 Å². The monoisotopic (exact) mass is 204 g/mol. The van der Waals surface area contributed by atoms with Crippen molar-refractivity contribution in [2.24, 2.45) is 11.3 Å². The zero-order valence-corrected chi connectivity index (χ0v) is 9.66. The highest BCUT2D eigenvalue weighted by Crippen LogP contribution is 2.50. The van der Waals surface area contributed by atoms with Gasteiger partial charge < -0.3 is 5.32 Å². The Hall–Kier alpha value is -0.890. The average molecular weight is 204 g/mol. The van der Waals surface area contributed by atoms with E-state index in [0.717, 1.165) is 18.9 Å². The molecule has 2 heteroatoms. The SMILES string of the molecule is CC1(C)CC1CNCCc1ccccn1. The fourth-order valence-corrected chi connectivity index (χ4v) is 1.96. The summed E-state index contributed by atoms with van der Waals surface area (Å²) in [7, 11) is 0. The van der Waals surface area contributed by atoms with E-state index in [1.807, 2.05) is 18.3 Å². The molecule has 82 valence electrons. The van der Waals surface area contributed by atoms with Gasteiger partial charge in [0.1, 0.15) is 0 Å². The number of nitrogens with zero attached hydrogens (tertiary/aromatic N) is 1. The third kappa shape index (κ3) is 3.03. The van der Waals surface area contributed by atoms with Gasteiger partial charge in [-0.3, -0.25) is 4.98 Å². The lowest BCUT2D eigenvalue weighted by molar-refractivity contribution is 0.520. The molecular weight excluding hydrogens is 184 g/mol. The summed E-state index contributed by atoms with van der Waals surface area (Å²) in [6.07, 6.45) is 4.27. The van der Waals surface area contributed by atoms with E-state index in [0.29, 0.717) is 5.41 Å². The fraction of sp³-hybridized carbons (Fsp3) is 0.615. The second-order valence-corrected chi connectivity index (χ2v) is 5.16. The minimum Gasteiger partial charge on any atom is -0.316 e. The Balaban J connectivity index is 1.60. The topological polar surface area (TPSA) is 24.9 Å². The van der Waals surface area contributed by atoms with Gasteiger partial charge in [-0.05, 0) is 36.4 Å². The molecule has 0 aliphatic heterocycles. The van der Waals surface area contributed by atoms with Crippen LogP contribution in [0.5, 0.6) is 0 Å². The maximum absolute atomic E-state index is 4.30. The number of aromatic nitrogens is 1. The van der Waals surface area contributed by atoms with Crippen LogP contribution in [0.4, 0.5) is 0 Å². The molecule has 2 rings (SSSR count). The number of pyridine rings is 1. The molecule has 1 aromatic rings. The van der Waals surface area contributed by atoms with E-state index >= 15 is 0 Å². The van der Waals surface area contributed by atoms with Gasteiger partial charge in [0, 0.05) is 24.9 Å². The molecule has 0 saturated heterocycles. The summed E-state index contributed by atoms with van der Waals surface area (Å²) in [5.41, 5.74) is 1.78. The van der Waals surface area contributed by atoms with Crippen molar-refractivity contribution in [3.63, 3.8) is 0 Å². The Morgan fingerprint density at radius 2 is 2.27 bits per heavy atom. The van der Waals surface area contributed by atoms with Crippen molar-refractivity contribution in [2.75, 3.05) is 13.1 Å². The molecule has 1 N–H and O–H groups in total. The second kappa shape index (κ2) is 4.31. The molecule has 0 aromatic carbocycles. The molecular formula is C13H20N2. The van der Waals surface area contributed by atoms with Crippen LogP contribution in [0.1, 0.15) is 26.0 Å². The standard InChI is InChI=1S/C13H20N2/c1-13(2)9-11(13)10-14-8-6-12-5-3-4-7-15-12/h3-5,7,11,14H,6,8-10H2,1-2H3. The van der Waals surface area contributed by atoms with Crippen LogP contribution in [0.25, 0.3) is 0 Å². The van der Waals surface area contributed by atoms with Gasteiger partial charge >= 0.3 is 0 Å². The maximum atomic E-state index is 4.30. The molecule has 2 nitrogen and oxygen atoms in total. The van der Waals surface area contributed by atoms with Crippen molar-refractivity contribution in [1.82, 2.24) is 10.3 Å². The fourth-order valence-electron chi connectivity index (χ4n) is 1.96. The Morgan fingerprint density at radius 1 is 1.47 bits per heavy atom. The zero-order chi connectivity index (χ0) is 10.7. The molecule has 15 heavy (non-hydrogen) atoms. The first kappa shape index (κ1) is 10.6. The highest BCUT2D eigenvalue weighted by Gasteiger charge is 2.44. The van der Waals surface area contributed by atoms with Crippen LogP contribution in [-0.4, -0.2) is 18.1 Å². The van der Waals surface area contributed by atoms with Gasteiger partial charge in [0.15, 0.2) is 0 Å². The molecule has 1 saturated carbocycles. The maximum Gasteiger partial charge on any atom is 0.0416 e. The lowest BCUT2D eigenvalue weighted by atomic mass is 10.1. The van der Waals surface area contributed by atoms with Crippen molar-refractivity contribution >= 4 is 0 Å². The Morgan fingerprint density at radius 3 is 2.87 bits per heavy atom. The number of nitrogens with one attached hydrogen (secondary N) is 1. The molecule has 1 atom stereocenters. The van der Waals surface area contributed by atoms with E-state index in [-0.39, 0.29) is 0 Å². The summed E-state index contributed by atoms with van der Waals surface area (Å²) in [5, 5.41) is 3.51. The van der Waals surface area contributed by atoms with Crippen molar-refractivity contribution in [2.45, 2.75) is 26.7 Å². The molecule has 0 spiro atoms. The number of hydrogen-bond acceptors (Lipinski definition) is 2. The molecule has 1 heterocycles. The Labute approximate surface area is 92.1 Å². The summed E-state index contributed by atoms with van der Waals surface area (Å²) in [6, 6.07) is 6.10. The average Bonchev–Trinajstić information content (AvgIpc) is 2.83. The molecule has 0 bridgehead atoms. The first-order valence-corrected chi connectivity index (χ1v) is 5.79. The lowest BCUT2D eigenvalue weighted by Gasteiger charge is -2.05. The van der Waals surface area contributed by atoms with E-state index < -0.39 is 0 Å². The van der Waals surface area contributed by atoms with Gasteiger partial charge in [0.25, 0.3) is 0 Å². The van der Waals surface area contributed by atoms with Gasteiger partial charge in [-0.1, -0.05) is 19.9 Å². The minimum atomic E-state index is 0.595. The quantitative estimate of drug-likeness (QED) is 0.744. The van der Waals surface area contributed by atoms with Crippen LogP contribution in [0.15, 0.2) is 24.4 Å². The van der Waals surface area contributed by atoms with Crippen LogP contribution in [-0.2, 0) is 6.42 Å². The first-order valence-electron chi connectivity index (χ1n) is 5.79. The van der Waals surface area contributed by atoms with Gasteiger partial charge in [0.05, 0.1) is 0 Å². The lowest BCUT2D eigenvalue weighted by Crippen LogP contribution is -2.21. The van der Waals surface area contributed by atoms with Crippen molar-refractivity contribution < 1.29 is 0 Å². The van der Waals surface area contributed by atoms with Crippen LogP contribution in [0.3, 0.4) is 0 Å². The van der Waals surface area contributed by atoms with E-state index in [4.69, 9.17) is 0 Å². The summed E-state index contributed by atoms with van der Waals surface area (Å²) < 4.78 is 0. The number of rotatable bonds is 5. The van der Waals surface area contributed by atoms with Crippen molar-refractivity contribution in [3.05, 3.63) is 30.1 Å². The molecule has 1 aliphatic carbocycles. The van der Waals surface area contributed by atoms with Crippen LogP contribution in [0, 0.1) is 11.3 Å². The van der Waals surface area contributed by atoms with Gasteiger partial charge in [0.2, 0.25) is 0 Å². The predicted octanol–water partition coefficient (Wildman–Crippen LogP) is 2.26. The van der Waals surface area contributed by atoms with Gasteiger partial charge in [-0.25, -0.2) is 0 Å². The largest absolute Gasteiger partial charge is 0.316 e. The van der Waals surface area contributed by atoms with Crippen LogP contribution >= 0.6 is 0 Å². The molecule has 1 aliphatic rings. The van der Waals surface area contributed by atoms with E-state index in [1.54, 1.807) is 0 Å². The molecule has 0 radical (unpaired) electrons. The summed E-state index contributed by atoms with van der Waals surface area (Å²) >= 11 is 0. The zero-order valence-electron chi connectivity index (χ0n) is 9.66. The summed E-state index contributed by atoms with van der Waals surface area (Å²) in [5.74, 6) is 0.890. The molecule has 1 aromatic heterocycles.